The molecule has 0 unspecified atom stereocenters. The van der Waals surface area contributed by atoms with Crippen LogP contribution in [0.15, 0.2) is 35.4 Å². The number of hydrogen-bond donors (Lipinski definition) is 3. The Morgan fingerprint density at radius 2 is 2.06 bits per heavy atom. The SMILES string of the molecule is CCNC(=O)c1cc2c(-c3sc(C(C)(C)O)cc3OCc3c(C)ccnc3C)cn(C)c(=O)c2[nH]1. The normalized spacial score (nSPS) is 11.7. The molecule has 4 aromatic heterocycles. The third-order valence-electron chi connectivity index (χ3n) is 5.97. The standard InChI is InChI=1S/C26H30N4O4S/c1-7-27-24(31)19-10-16-17(12-30(6)25(32)22(16)29-19)23-20(11-21(35-23)26(4,5)33)34-13-18-14(2)8-9-28-15(18)3/h8-12,29,33H,7,13H2,1-6H3,(H,27,31). The minimum atomic E-state index is -1.08. The Morgan fingerprint density at radius 3 is 2.71 bits per heavy atom. The fourth-order valence-electron chi connectivity index (χ4n) is 3.96. The molecule has 9 heteroatoms. The van der Waals surface area contributed by atoms with E-state index in [0.717, 1.165) is 32.1 Å². The zero-order chi connectivity index (χ0) is 25.5. The van der Waals surface area contributed by atoms with Gasteiger partial charge in [-0.05, 0) is 58.4 Å². The number of aromatic amines is 1. The van der Waals surface area contributed by atoms with Crippen molar-refractivity contribution in [3.05, 3.63) is 68.3 Å². The number of nitrogens with zero attached hydrogens (tertiary/aromatic N) is 2. The smallest absolute Gasteiger partial charge is 0.274 e. The first-order chi connectivity index (χ1) is 16.5. The number of hydrogen-bond acceptors (Lipinski definition) is 6. The summed E-state index contributed by atoms with van der Waals surface area (Å²) in [5.74, 6) is 0.314. The Kier molecular flexibility index (Phi) is 6.57. The molecule has 1 amide bonds. The zero-order valence-electron chi connectivity index (χ0n) is 20.8. The summed E-state index contributed by atoms with van der Waals surface area (Å²) in [7, 11) is 1.67. The van der Waals surface area contributed by atoms with Gasteiger partial charge in [0.25, 0.3) is 11.5 Å². The Morgan fingerprint density at radius 1 is 1.31 bits per heavy atom. The summed E-state index contributed by atoms with van der Waals surface area (Å²) < 4.78 is 7.79. The first-order valence-corrected chi connectivity index (χ1v) is 12.2. The Balaban J connectivity index is 1.88. The molecule has 4 aromatic rings. The third-order valence-corrected chi connectivity index (χ3v) is 7.43. The summed E-state index contributed by atoms with van der Waals surface area (Å²) in [6, 6.07) is 5.48. The summed E-state index contributed by atoms with van der Waals surface area (Å²) in [6.45, 7) is 10.0. The monoisotopic (exact) mass is 494 g/mol. The lowest BCUT2D eigenvalue weighted by atomic mass is 10.1. The van der Waals surface area contributed by atoms with E-state index in [0.29, 0.717) is 35.5 Å². The fourth-order valence-corrected chi connectivity index (χ4v) is 5.08. The molecule has 0 aromatic carbocycles. The largest absolute Gasteiger partial charge is 0.487 e. The van der Waals surface area contributed by atoms with Crippen LogP contribution < -0.4 is 15.6 Å². The number of nitrogens with one attached hydrogen (secondary N) is 2. The molecule has 4 heterocycles. The molecule has 0 saturated heterocycles. The first-order valence-electron chi connectivity index (χ1n) is 11.4. The summed E-state index contributed by atoms with van der Waals surface area (Å²) in [6.07, 6.45) is 3.52. The molecule has 8 nitrogen and oxygen atoms in total. The molecular formula is C26H30N4O4S. The molecular weight excluding hydrogens is 464 g/mol. The van der Waals surface area contributed by atoms with Gasteiger partial charge in [-0.25, -0.2) is 0 Å². The number of H-pyrrole nitrogens is 1. The second kappa shape index (κ2) is 9.31. The van der Waals surface area contributed by atoms with Gasteiger partial charge in [-0.1, -0.05) is 0 Å². The second-order valence-corrected chi connectivity index (χ2v) is 10.2. The molecule has 0 saturated carbocycles. The van der Waals surface area contributed by atoms with E-state index in [1.807, 2.05) is 32.9 Å². The topological polar surface area (TPSA) is 109 Å². The number of amides is 1. The van der Waals surface area contributed by atoms with Crippen molar-refractivity contribution in [2.45, 2.75) is 46.8 Å². The van der Waals surface area contributed by atoms with Gasteiger partial charge in [-0.3, -0.25) is 14.6 Å². The summed E-state index contributed by atoms with van der Waals surface area (Å²) >= 11 is 1.40. The third kappa shape index (κ3) is 4.74. The van der Waals surface area contributed by atoms with Crippen molar-refractivity contribution < 1.29 is 14.6 Å². The van der Waals surface area contributed by atoms with E-state index in [9.17, 15) is 14.7 Å². The van der Waals surface area contributed by atoms with E-state index < -0.39 is 5.60 Å². The van der Waals surface area contributed by atoms with Crippen LogP contribution >= 0.6 is 11.3 Å². The predicted octanol–water partition coefficient (Wildman–Crippen LogP) is 4.16. The maximum atomic E-state index is 12.9. The molecule has 0 fully saturated rings. The van der Waals surface area contributed by atoms with Gasteiger partial charge in [0.15, 0.2) is 0 Å². The van der Waals surface area contributed by atoms with Gasteiger partial charge in [0.1, 0.15) is 23.6 Å². The minimum absolute atomic E-state index is 0.234. The van der Waals surface area contributed by atoms with Gasteiger partial charge in [0.05, 0.1) is 10.5 Å². The van der Waals surface area contributed by atoms with Gasteiger partial charge in [0.2, 0.25) is 0 Å². The van der Waals surface area contributed by atoms with Crippen LogP contribution in [0.5, 0.6) is 5.75 Å². The fraction of sp³-hybridized carbons (Fsp3) is 0.346. The zero-order valence-corrected chi connectivity index (χ0v) is 21.6. The number of aliphatic hydroxyl groups is 1. The van der Waals surface area contributed by atoms with Gasteiger partial charge >= 0.3 is 0 Å². The highest BCUT2D eigenvalue weighted by molar-refractivity contribution is 7.16. The van der Waals surface area contributed by atoms with Crippen LogP contribution in [0.4, 0.5) is 0 Å². The van der Waals surface area contributed by atoms with Crippen molar-refractivity contribution in [2.75, 3.05) is 6.54 Å². The van der Waals surface area contributed by atoms with Crippen molar-refractivity contribution in [3.8, 4) is 16.2 Å². The molecule has 0 atom stereocenters. The number of carbonyl (C=O) groups is 1. The highest BCUT2D eigenvalue weighted by Crippen LogP contribution is 2.44. The number of aryl methyl sites for hydroxylation is 3. The number of aromatic nitrogens is 3. The van der Waals surface area contributed by atoms with Crippen LogP contribution in [-0.2, 0) is 19.3 Å². The molecule has 3 N–H and O–H groups in total. The van der Waals surface area contributed by atoms with E-state index in [1.54, 1.807) is 39.4 Å². The molecule has 0 aliphatic rings. The van der Waals surface area contributed by atoms with Crippen molar-refractivity contribution in [3.63, 3.8) is 0 Å². The molecule has 0 aliphatic carbocycles. The Bertz CT molecular complexity index is 1450. The number of fused-ring (bicyclic) bond motifs is 1. The quantitative estimate of drug-likeness (QED) is 0.357. The number of carbonyl (C=O) groups excluding carboxylic acids is 1. The van der Waals surface area contributed by atoms with Gasteiger partial charge in [0, 0.05) is 53.1 Å². The van der Waals surface area contributed by atoms with Gasteiger partial charge in [-0.2, -0.15) is 0 Å². The van der Waals surface area contributed by atoms with Gasteiger partial charge in [-0.15, -0.1) is 11.3 Å². The van der Waals surface area contributed by atoms with Crippen LogP contribution in [-0.4, -0.2) is 32.1 Å². The number of rotatable bonds is 7. The Hall–Kier alpha value is -3.43. The van der Waals surface area contributed by atoms with Gasteiger partial charge < -0.3 is 24.7 Å². The summed E-state index contributed by atoms with van der Waals surface area (Å²) in [5.41, 5.74) is 3.06. The lowest BCUT2D eigenvalue weighted by molar-refractivity contribution is 0.0823. The van der Waals surface area contributed by atoms with Crippen LogP contribution in [0, 0.1) is 13.8 Å². The molecule has 0 bridgehead atoms. The minimum Gasteiger partial charge on any atom is -0.487 e. The highest BCUT2D eigenvalue weighted by Gasteiger charge is 2.26. The highest BCUT2D eigenvalue weighted by atomic mass is 32.1. The van der Waals surface area contributed by atoms with E-state index in [1.165, 1.54) is 15.9 Å². The number of thiophene rings is 1. The lowest BCUT2D eigenvalue weighted by Gasteiger charge is -2.14. The summed E-state index contributed by atoms with van der Waals surface area (Å²) in [5, 5.41) is 14.1. The van der Waals surface area contributed by atoms with Crippen molar-refractivity contribution in [2.24, 2.45) is 7.05 Å². The average molecular weight is 495 g/mol. The van der Waals surface area contributed by atoms with E-state index in [-0.39, 0.29) is 11.5 Å². The Labute approximate surface area is 207 Å². The first kappa shape index (κ1) is 24.7. The molecule has 35 heavy (non-hydrogen) atoms. The number of pyridine rings is 2. The maximum Gasteiger partial charge on any atom is 0.274 e. The van der Waals surface area contributed by atoms with Crippen LogP contribution in [0.25, 0.3) is 21.3 Å². The van der Waals surface area contributed by atoms with E-state index in [4.69, 9.17) is 4.74 Å². The van der Waals surface area contributed by atoms with Crippen molar-refractivity contribution in [1.29, 1.82) is 0 Å². The maximum absolute atomic E-state index is 12.9. The van der Waals surface area contributed by atoms with Crippen LogP contribution in [0.2, 0.25) is 0 Å². The van der Waals surface area contributed by atoms with Crippen molar-refractivity contribution in [1.82, 2.24) is 19.9 Å². The molecule has 0 radical (unpaired) electrons. The number of ether oxygens (including phenoxy) is 1. The van der Waals surface area contributed by atoms with E-state index >= 15 is 0 Å². The van der Waals surface area contributed by atoms with Crippen molar-refractivity contribution >= 4 is 28.1 Å². The van der Waals surface area contributed by atoms with Crippen LogP contribution in [0.1, 0.15) is 53.0 Å². The van der Waals surface area contributed by atoms with Crippen LogP contribution in [0.3, 0.4) is 0 Å². The lowest BCUT2D eigenvalue weighted by Crippen LogP contribution is -2.23. The molecule has 4 rings (SSSR count). The average Bonchev–Trinajstić information content (AvgIpc) is 3.41. The molecule has 184 valence electrons. The second-order valence-electron chi connectivity index (χ2n) is 9.13. The molecule has 0 aliphatic heterocycles. The summed E-state index contributed by atoms with van der Waals surface area (Å²) in [4.78, 5) is 34.2. The van der Waals surface area contributed by atoms with E-state index in [2.05, 4.69) is 15.3 Å². The predicted molar refractivity (Wildman–Crippen MR) is 138 cm³/mol. The molecule has 0 spiro atoms.